The normalized spacial score (nSPS) is 28.1. The lowest BCUT2D eigenvalue weighted by Gasteiger charge is -2.32. The summed E-state index contributed by atoms with van der Waals surface area (Å²) < 4.78 is 6.57. The van der Waals surface area contributed by atoms with Crippen LogP contribution in [0.2, 0.25) is 23.7 Å². The Bertz CT molecular complexity index is 1170. The third-order valence-corrected chi connectivity index (χ3v) is 10.5. The van der Waals surface area contributed by atoms with Gasteiger partial charge in [-0.1, -0.05) is 30.7 Å². The lowest BCUT2D eigenvalue weighted by atomic mass is 9.82. The highest BCUT2D eigenvalue weighted by Gasteiger charge is 2.66. The van der Waals surface area contributed by atoms with E-state index in [4.69, 9.17) is 16.3 Å². The maximum Gasteiger partial charge on any atom is 0.264 e. The third-order valence-electron chi connectivity index (χ3n) is 7.80. The molecule has 3 aliphatic heterocycles. The fraction of sp³-hybridized carbons (Fsp3) is 0.462. The van der Waals surface area contributed by atoms with E-state index in [2.05, 4.69) is 0 Å². The number of β-lactam (4-membered cyclic amide) rings is 1. The average Bonchev–Trinajstić information content (AvgIpc) is 3.21. The second-order valence-corrected chi connectivity index (χ2v) is 14.8. The average molecular weight is 515 g/mol. The number of fused-ring (bicyclic) bond motifs is 2. The zero-order valence-corrected chi connectivity index (χ0v) is 22.0. The molecule has 1 spiro atoms. The van der Waals surface area contributed by atoms with Crippen LogP contribution in [-0.2, 0) is 26.5 Å². The molecule has 0 aliphatic carbocycles. The Labute approximate surface area is 211 Å². The molecule has 7 nitrogen and oxygen atoms in total. The summed E-state index contributed by atoms with van der Waals surface area (Å²) in [5.41, 5.74) is 1.77. The molecular weight excluding hydrogens is 484 g/mol. The fourth-order valence-corrected chi connectivity index (χ4v) is 8.93. The van der Waals surface area contributed by atoms with Crippen LogP contribution in [0, 0.1) is 5.92 Å². The molecule has 3 heterocycles. The summed E-state index contributed by atoms with van der Waals surface area (Å²) in [6.07, 6.45) is 0.508. The van der Waals surface area contributed by atoms with E-state index in [9.17, 15) is 19.5 Å². The van der Waals surface area contributed by atoms with E-state index in [-0.39, 0.29) is 29.9 Å². The lowest BCUT2D eigenvalue weighted by molar-refractivity contribution is -0.146. The zero-order chi connectivity index (χ0) is 25.1. The first-order valence-electron chi connectivity index (χ1n) is 12.1. The van der Waals surface area contributed by atoms with E-state index in [1.54, 1.807) is 21.9 Å². The topological polar surface area (TPSA) is 90.3 Å². The number of aliphatic hydroxyl groups is 1. The van der Waals surface area contributed by atoms with E-state index in [1.807, 2.05) is 50.3 Å². The monoisotopic (exact) mass is 514 g/mol. The van der Waals surface area contributed by atoms with Crippen LogP contribution in [0.5, 0.6) is 0 Å². The molecule has 2 aromatic carbocycles. The summed E-state index contributed by atoms with van der Waals surface area (Å²) in [7, 11) is -2.73. The van der Waals surface area contributed by atoms with Gasteiger partial charge in [-0.15, -0.1) is 0 Å². The lowest BCUT2D eigenvalue weighted by Crippen LogP contribution is -2.46. The molecule has 3 aliphatic rings. The van der Waals surface area contributed by atoms with Gasteiger partial charge >= 0.3 is 0 Å². The fourth-order valence-electron chi connectivity index (χ4n) is 6.16. The van der Waals surface area contributed by atoms with Gasteiger partial charge in [0.05, 0.1) is 18.3 Å². The SMILES string of the molecule is C[C@H]1[C@H]([Si](C)(C)O)[C@@H](CCO)O[C@]12C(=O)N(Cc1ccc(N3CCC3=O)cc1)c1ccc(Cl)cc12. The minimum atomic E-state index is -2.73. The molecule has 2 amide bonds. The van der Waals surface area contributed by atoms with Gasteiger partial charge in [0.15, 0.2) is 13.9 Å². The van der Waals surface area contributed by atoms with Crippen molar-refractivity contribution in [2.45, 2.75) is 56.7 Å². The molecule has 0 radical (unpaired) electrons. The van der Waals surface area contributed by atoms with Gasteiger partial charge < -0.3 is 24.4 Å². The molecule has 4 atom stereocenters. The maximum atomic E-state index is 14.2. The number of ether oxygens (including phenoxy) is 1. The van der Waals surface area contributed by atoms with Crippen LogP contribution >= 0.6 is 11.6 Å². The van der Waals surface area contributed by atoms with Crippen molar-refractivity contribution in [2.24, 2.45) is 5.92 Å². The molecule has 0 unspecified atom stereocenters. The first kappa shape index (κ1) is 24.5. The number of hydrogen-bond donors (Lipinski definition) is 2. The number of rotatable bonds is 6. The first-order valence-corrected chi connectivity index (χ1v) is 15.5. The van der Waals surface area contributed by atoms with Crippen molar-refractivity contribution in [1.82, 2.24) is 0 Å². The molecule has 9 heteroatoms. The second-order valence-electron chi connectivity index (χ2n) is 10.4. The van der Waals surface area contributed by atoms with E-state index in [0.29, 0.717) is 30.0 Å². The molecule has 2 N–H and O–H groups in total. The Morgan fingerprint density at radius 3 is 2.46 bits per heavy atom. The number of halogens is 1. The van der Waals surface area contributed by atoms with Crippen LogP contribution in [-0.4, -0.2) is 49.3 Å². The van der Waals surface area contributed by atoms with Gasteiger partial charge in [-0.3, -0.25) is 9.59 Å². The number of hydrogen-bond acceptors (Lipinski definition) is 5. The molecule has 2 fully saturated rings. The Morgan fingerprint density at radius 2 is 1.89 bits per heavy atom. The number of amides is 2. The van der Waals surface area contributed by atoms with Gasteiger partial charge in [0.25, 0.3) is 5.91 Å². The minimum Gasteiger partial charge on any atom is -0.432 e. The molecule has 2 saturated heterocycles. The molecule has 0 aromatic heterocycles. The van der Waals surface area contributed by atoms with Crippen LogP contribution < -0.4 is 9.80 Å². The molecule has 186 valence electrons. The predicted octanol–water partition coefficient (Wildman–Crippen LogP) is 3.80. The largest absolute Gasteiger partial charge is 0.432 e. The summed E-state index contributed by atoms with van der Waals surface area (Å²) in [5, 5.41) is 10.2. The van der Waals surface area contributed by atoms with Crippen molar-refractivity contribution < 1.29 is 24.2 Å². The van der Waals surface area contributed by atoms with E-state index in [0.717, 1.165) is 23.5 Å². The Morgan fingerprint density at radius 1 is 1.17 bits per heavy atom. The minimum absolute atomic E-state index is 0.0827. The Balaban J connectivity index is 1.52. The molecule has 35 heavy (non-hydrogen) atoms. The maximum absolute atomic E-state index is 14.2. The first-order chi connectivity index (χ1) is 16.6. The zero-order valence-electron chi connectivity index (χ0n) is 20.2. The van der Waals surface area contributed by atoms with Gasteiger partial charge in [0, 0.05) is 47.3 Å². The summed E-state index contributed by atoms with van der Waals surface area (Å²) in [6, 6.07) is 13.1. The summed E-state index contributed by atoms with van der Waals surface area (Å²) in [5.74, 6) is -0.344. The highest BCUT2D eigenvalue weighted by Crippen LogP contribution is 2.60. The molecule has 2 aromatic rings. The van der Waals surface area contributed by atoms with Crippen molar-refractivity contribution in [3.8, 4) is 0 Å². The van der Waals surface area contributed by atoms with Crippen LogP contribution in [0.3, 0.4) is 0 Å². The third kappa shape index (κ3) is 3.83. The van der Waals surface area contributed by atoms with Crippen molar-refractivity contribution >= 4 is 43.1 Å². The Kier molecular flexibility index (Phi) is 6.09. The predicted molar refractivity (Wildman–Crippen MR) is 137 cm³/mol. The van der Waals surface area contributed by atoms with E-state index in [1.165, 1.54) is 0 Å². The van der Waals surface area contributed by atoms with Gasteiger partial charge in [0.2, 0.25) is 5.91 Å². The number of benzene rings is 2. The van der Waals surface area contributed by atoms with Crippen LogP contribution in [0.1, 0.15) is 30.9 Å². The van der Waals surface area contributed by atoms with Crippen molar-refractivity contribution in [3.05, 3.63) is 58.6 Å². The number of carbonyl (C=O) groups is 2. The van der Waals surface area contributed by atoms with Crippen molar-refractivity contribution in [3.63, 3.8) is 0 Å². The van der Waals surface area contributed by atoms with Crippen LogP contribution in [0.4, 0.5) is 11.4 Å². The smallest absolute Gasteiger partial charge is 0.264 e. The molecule has 0 saturated carbocycles. The van der Waals surface area contributed by atoms with Crippen LogP contribution in [0.15, 0.2) is 42.5 Å². The molecular formula is C26H31ClN2O5Si. The summed E-state index contributed by atoms with van der Waals surface area (Å²) in [6.45, 7) is 6.69. The summed E-state index contributed by atoms with van der Waals surface area (Å²) >= 11 is 6.39. The highest BCUT2D eigenvalue weighted by atomic mass is 35.5. The van der Waals surface area contributed by atoms with Crippen molar-refractivity contribution in [2.75, 3.05) is 23.0 Å². The van der Waals surface area contributed by atoms with E-state index < -0.39 is 20.0 Å². The number of anilines is 2. The van der Waals surface area contributed by atoms with Crippen molar-refractivity contribution in [1.29, 1.82) is 0 Å². The van der Waals surface area contributed by atoms with Gasteiger partial charge in [-0.2, -0.15) is 0 Å². The molecule has 5 rings (SSSR count). The van der Waals surface area contributed by atoms with Crippen LogP contribution in [0.25, 0.3) is 0 Å². The number of carbonyl (C=O) groups excluding carboxylic acids is 2. The Hall–Kier alpha value is -2.23. The number of aliphatic hydroxyl groups excluding tert-OH is 1. The molecule has 0 bridgehead atoms. The van der Waals surface area contributed by atoms with E-state index >= 15 is 0 Å². The second kappa shape index (κ2) is 8.71. The summed E-state index contributed by atoms with van der Waals surface area (Å²) in [4.78, 5) is 40.6. The standard InChI is InChI=1S/C26H31ClN2O5Si/c1-16-24(35(2,3)33)22(11-13-30)34-26(16)20-14-18(27)6-9-21(20)29(25(26)32)15-17-4-7-19(8-5-17)28-12-10-23(28)31/h4-9,14,16,22,24,30,33H,10-13,15H2,1-3H3/t16-,22+,24-,26+/m0/s1. The number of nitrogens with zero attached hydrogens (tertiary/aromatic N) is 2. The quantitative estimate of drug-likeness (QED) is 0.452. The van der Waals surface area contributed by atoms with Gasteiger partial charge in [-0.25, -0.2) is 0 Å². The van der Waals surface area contributed by atoms with Gasteiger partial charge in [0.1, 0.15) is 0 Å². The van der Waals surface area contributed by atoms with Gasteiger partial charge in [-0.05, 0) is 55.4 Å². The highest BCUT2D eigenvalue weighted by molar-refractivity contribution is 6.71.